The summed E-state index contributed by atoms with van der Waals surface area (Å²) >= 11 is 1.50. The maximum absolute atomic E-state index is 11.4. The molecule has 0 saturated heterocycles. The Bertz CT molecular complexity index is 509. The Morgan fingerprint density at radius 1 is 1.30 bits per heavy atom. The number of thioether (sulfide) groups is 1. The highest BCUT2D eigenvalue weighted by Crippen LogP contribution is 2.19. The summed E-state index contributed by atoms with van der Waals surface area (Å²) < 4.78 is 10.7. The van der Waals surface area contributed by atoms with Gasteiger partial charge in [0.15, 0.2) is 0 Å². The van der Waals surface area contributed by atoms with Crippen molar-refractivity contribution in [3.63, 3.8) is 0 Å². The number of hydrogen-bond acceptors (Lipinski definition) is 6. The molecule has 0 bridgehead atoms. The van der Waals surface area contributed by atoms with E-state index in [1.807, 2.05) is 27.7 Å². The predicted molar refractivity (Wildman–Crippen MR) is 91.6 cm³/mol. The Labute approximate surface area is 142 Å². The number of rotatable bonds is 9. The molecular weight excluding hydrogens is 314 g/mol. The van der Waals surface area contributed by atoms with Crippen molar-refractivity contribution in [3.8, 4) is 0 Å². The zero-order valence-corrected chi connectivity index (χ0v) is 15.3. The van der Waals surface area contributed by atoms with Crippen LogP contribution >= 0.6 is 11.8 Å². The Hall–Kier alpha value is -1.50. The van der Waals surface area contributed by atoms with Gasteiger partial charge in [-0.05, 0) is 40.5 Å². The summed E-state index contributed by atoms with van der Waals surface area (Å²) in [7, 11) is 0. The van der Waals surface area contributed by atoms with E-state index in [-0.39, 0.29) is 6.09 Å². The third-order valence-corrected chi connectivity index (χ3v) is 3.68. The molecule has 1 aromatic rings. The van der Waals surface area contributed by atoms with Gasteiger partial charge in [-0.1, -0.05) is 30.3 Å². The van der Waals surface area contributed by atoms with Gasteiger partial charge in [-0.15, -0.1) is 10.2 Å². The molecule has 1 heterocycles. The number of aryl methyl sites for hydroxylation is 1. The molecule has 0 fully saturated rings. The Morgan fingerprint density at radius 3 is 2.70 bits per heavy atom. The number of carbonyl (C=O) groups excluding carboxylic acids is 1. The molecule has 0 atom stereocenters. The van der Waals surface area contributed by atoms with Crippen LogP contribution in [0, 0.1) is 0 Å². The van der Waals surface area contributed by atoms with Crippen molar-refractivity contribution >= 4 is 17.9 Å². The van der Waals surface area contributed by atoms with Gasteiger partial charge in [-0.3, -0.25) is 0 Å². The molecule has 1 aromatic heterocycles. The van der Waals surface area contributed by atoms with Crippen LogP contribution in [-0.4, -0.2) is 34.2 Å². The van der Waals surface area contributed by atoms with Crippen LogP contribution in [-0.2, 0) is 11.2 Å². The monoisotopic (exact) mass is 341 g/mol. The number of nitrogens with one attached hydrogen (secondary N) is 1. The van der Waals surface area contributed by atoms with E-state index in [1.54, 1.807) is 0 Å². The summed E-state index contributed by atoms with van der Waals surface area (Å²) in [5.41, 5.74) is 0.620. The maximum Gasteiger partial charge on any atom is 0.407 e. The molecule has 0 aromatic carbocycles. The molecule has 1 amide bonds. The van der Waals surface area contributed by atoms with Crippen LogP contribution < -0.4 is 5.32 Å². The van der Waals surface area contributed by atoms with Crippen LogP contribution in [0.2, 0.25) is 0 Å². The van der Waals surface area contributed by atoms with Crippen molar-refractivity contribution < 1.29 is 13.9 Å². The second kappa shape index (κ2) is 9.60. The summed E-state index contributed by atoms with van der Waals surface area (Å²) in [5.74, 6) is 1.45. The fourth-order valence-corrected chi connectivity index (χ4v) is 2.29. The average molecular weight is 341 g/mol. The first-order valence-corrected chi connectivity index (χ1v) is 8.81. The highest BCUT2D eigenvalue weighted by Gasteiger charge is 2.15. The molecule has 1 N–H and O–H groups in total. The minimum Gasteiger partial charge on any atom is -0.444 e. The average Bonchev–Trinajstić information content (AvgIpc) is 2.86. The predicted octanol–water partition coefficient (Wildman–Crippen LogP) is 3.98. The van der Waals surface area contributed by atoms with E-state index in [9.17, 15) is 4.79 Å². The van der Waals surface area contributed by atoms with Crippen LogP contribution in [0.15, 0.2) is 21.8 Å². The first-order valence-electron chi connectivity index (χ1n) is 7.82. The third kappa shape index (κ3) is 9.99. The second-order valence-corrected chi connectivity index (χ2v) is 7.37. The highest BCUT2D eigenvalue weighted by molar-refractivity contribution is 7.99. The SMILES string of the molecule is C=C(C)CSc1nnc(CCCCCNC(=O)OC(C)(C)C)o1. The summed E-state index contributed by atoms with van der Waals surface area (Å²) in [5, 5.41) is 11.4. The second-order valence-electron chi connectivity index (χ2n) is 6.45. The summed E-state index contributed by atoms with van der Waals surface area (Å²) in [6.07, 6.45) is 3.21. The molecule has 6 nitrogen and oxygen atoms in total. The lowest BCUT2D eigenvalue weighted by molar-refractivity contribution is 0.0527. The van der Waals surface area contributed by atoms with Crippen LogP contribution in [0.4, 0.5) is 4.79 Å². The zero-order valence-electron chi connectivity index (χ0n) is 14.5. The van der Waals surface area contributed by atoms with E-state index in [1.165, 1.54) is 11.8 Å². The molecule has 0 spiro atoms. The fraction of sp³-hybridized carbons (Fsp3) is 0.688. The minimum absolute atomic E-state index is 0.367. The highest BCUT2D eigenvalue weighted by atomic mass is 32.2. The third-order valence-electron chi connectivity index (χ3n) is 2.63. The number of hydrogen-bond donors (Lipinski definition) is 1. The number of nitrogens with zero attached hydrogens (tertiary/aromatic N) is 2. The van der Waals surface area contributed by atoms with Gasteiger partial charge >= 0.3 is 6.09 Å². The van der Waals surface area contributed by atoms with E-state index < -0.39 is 5.60 Å². The standard InChI is InChI=1S/C16H27N3O3S/c1-12(2)11-23-15-19-18-13(21-15)9-7-6-8-10-17-14(20)22-16(3,4)5/h1,6-11H2,2-5H3,(H,17,20). The van der Waals surface area contributed by atoms with Crippen LogP contribution in [0.25, 0.3) is 0 Å². The van der Waals surface area contributed by atoms with Crippen molar-refractivity contribution in [2.24, 2.45) is 0 Å². The van der Waals surface area contributed by atoms with Crippen molar-refractivity contribution in [3.05, 3.63) is 18.0 Å². The van der Waals surface area contributed by atoms with Gasteiger partial charge in [-0.25, -0.2) is 4.79 Å². The summed E-state index contributed by atoms with van der Waals surface area (Å²) in [6.45, 7) is 12.0. The largest absolute Gasteiger partial charge is 0.444 e. The number of amides is 1. The van der Waals surface area contributed by atoms with E-state index in [0.717, 1.165) is 37.0 Å². The van der Waals surface area contributed by atoms with Crippen molar-refractivity contribution in [1.82, 2.24) is 15.5 Å². The number of carbonyl (C=O) groups is 1. The summed E-state index contributed by atoms with van der Waals surface area (Å²) in [6, 6.07) is 0. The zero-order chi connectivity index (χ0) is 17.3. The topological polar surface area (TPSA) is 77.2 Å². The molecule has 0 aliphatic heterocycles. The van der Waals surface area contributed by atoms with Crippen LogP contribution in [0.1, 0.15) is 52.8 Å². The first kappa shape index (κ1) is 19.5. The van der Waals surface area contributed by atoms with Crippen LogP contribution in [0.3, 0.4) is 0 Å². The maximum atomic E-state index is 11.4. The summed E-state index contributed by atoms with van der Waals surface area (Å²) in [4.78, 5) is 11.4. The number of alkyl carbamates (subject to hydrolysis) is 1. The van der Waals surface area contributed by atoms with E-state index in [4.69, 9.17) is 9.15 Å². The number of unbranched alkanes of at least 4 members (excludes halogenated alkanes) is 2. The van der Waals surface area contributed by atoms with E-state index in [2.05, 4.69) is 22.1 Å². The molecule has 130 valence electrons. The Balaban J connectivity index is 2.09. The van der Waals surface area contributed by atoms with Gasteiger partial charge < -0.3 is 14.5 Å². The van der Waals surface area contributed by atoms with Gasteiger partial charge in [0.25, 0.3) is 5.22 Å². The lowest BCUT2D eigenvalue weighted by Crippen LogP contribution is -2.32. The van der Waals surface area contributed by atoms with Gasteiger partial charge in [0.05, 0.1) is 0 Å². The molecule has 1 rings (SSSR count). The number of ether oxygens (including phenoxy) is 1. The quantitative estimate of drug-likeness (QED) is 0.416. The Kier molecular flexibility index (Phi) is 8.16. The molecule has 0 aliphatic carbocycles. The minimum atomic E-state index is -0.456. The lowest BCUT2D eigenvalue weighted by atomic mass is 10.2. The molecule has 7 heteroatoms. The normalized spacial score (nSPS) is 11.3. The van der Waals surface area contributed by atoms with Crippen molar-refractivity contribution in [2.75, 3.05) is 12.3 Å². The fourth-order valence-electron chi connectivity index (χ4n) is 1.67. The molecular formula is C16H27N3O3S. The smallest absolute Gasteiger partial charge is 0.407 e. The molecule has 0 radical (unpaired) electrons. The lowest BCUT2D eigenvalue weighted by Gasteiger charge is -2.19. The van der Waals surface area contributed by atoms with Crippen molar-refractivity contribution in [2.45, 2.75) is 64.2 Å². The molecule has 0 saturated carbocycles. The van der Waals surface area contributed by atoms with Gasteiger partial charge in [0, 0.05) is 18.7 Å². The number of aromatic nitrogens is 2. The first-order chi connectivity index (χ1) is 10.8. The van der Waals surface area contributed by atoms with E-state index in [0.29, 0.717) is 17.7 Å². The van der Waals surface area contributed by atoms with Crippen molar-refractivity contribution in [1.29, 1.82) is 0 Å². The van der Waals surface area contributed by atoms with Crippen LogP contribution in [0.5, 0.6) is 0 Å². The van der Waals surface area contributed by atoms with Gasteiger partial charge in [0.2, 0.25) is 5.89 Å². The Morgan fingerprint density at radius 2 is 2.04 bits per heavy atom. The molecule has 0 aliphatic rings. The molecule has 0 unspecified atom stereocenters. The van der Waals surface area contributed by atoms with Gasteiger partial charge in [-0.2, -0.15) is 0 Å². The molecule has 23 heavy (non-hydrogen) atoms. The van der Waals surface area contributed by atoms with Gasteiger partial charge in [0.1, 0.15) is 5.60 Å². The van der Waals surface area contributed by atoms with E-state index >= 15 is 0 Å².